The van der Waals surface area contributed by atoms with Crippen molar-refractivity contribution in [2.45, 2.75) is 37.8 Å². The molecular formula is C15H21N5. The Bertz CT molecular complexity index is 598. The number of rotatable bonds is 3. The van der Waals surface area contributed by atoms with Gasteiger partial charge < -0.3 is 16.4 Å². The van der Waals surface area contributed by atoms with Crippen molar-refractivity contribution in [3.63, 3.8) is 0 Å². The first-order valence-electron chi connectivity index (χ1n) is 7.24. The second-order valence-electron chi connectivity index (χ2n) is 5.36. The van der Waals surface area contributed by atoms with Crippen LogP contribution in [0.4, 0.5) is 11.6 Å². The molecule has 20 heavy (non-hydrogen) atoms. The molecule has 0 saturated heterocycles. The largest absolute Gasteiger partial charge is 0.370 e. The van der Waals surface area contributed by atoms with E-state index in [-0.39, 0.29) is 12.1 Å². The van der Waals surface area contributed by atoms with Crippen LogP contribution in [0.1, 0.15) is 25.7 Å². The van der Waals surface area contributed by atoms with E-state index in [9.17, 15) is 0 Å². The molecule has 1 aliphatic rings. The summed E-state index contributed by atoms with van der Waals surface area (Å²) < 4.78 is 0. The van der Waals surface area contributed by atoms with E-state index >= 15 is 0 Å². The van der Waals surface area contributed by atoms with Crippen LogP contribution < -0.4 is 16.4 Å². The Hall–Kier alpha value is -1.88. The van der Waals surface area contributed by atoms with Gasteiger partial charge in [-0.2, -0.15) is 0 Å². The highest BCUT2D eigenvalue weighted by atomic mass is 15.1. The van der Waals surface area contributed by atoms with Crippen molar-refractivity contribution in [3.05, 3.63) is 24.3 Å². The zero-order chi connectivity index (χ0) is 13.9. The van der Waals surface area contributed by atoms with E-state index in [1.807, 2.05) is 31.3 Å². The molecule has 0 amide bonds. The highest BCUT2D eigenvalue weighted by Crippen LogP contribution is 2.25. The maximum Gasteiger partial charge on any atom is 0.170 e. The molecule has 2 aromatic rings. The Kier molecular flexibility index (Phi) is 3.69. The van der Waals surface area contributed by atoms with Crippen LogP contribution in [0.5, 0.6) is 0 Å². The van der Waals surface area contributed by atoms with Crippen molar-refractivity contribution in [2.75, 3.05) is 17.7 Å². The lowest BCUT2D eigenvalue weighted by Gasteiger charge is -2.30. The summed E-state index contributed by atoms with van der Waals surface area (Å²) in [5.74, 6) is 1.58. The van der Waals surface area contributed by atoms with Gasteiger partial charge >= 0.3 is 0 Å². The van der Waals surface area contributed by atoms with E-state index in [0.717, 1.165) is 35.5 Å². The minimum absolute atomic E-state index is 0.196. The molecule has 1 aliphatic carbocycles. The smallest absolute Gasteiger partial charge is 0.170 e. The van der Waals surface area contributed by atoms with Crippen molar-refractivity contribution >= 4 is 22.7 Å². The zero-order valence-electron chi connectivity index (χ0n) is 11.8. The van der Waals surface area contributed by atoms with Gasteiger partial charge in [0.2, 0.25) is 0 Å². The summed E-state index contributed by atoms with van der Waals surface area (Å²) in [6.07, 6.45) is 4.62. The molecule has 106 valence electrons. The second kappa shape index (κ2) is 5.63. The van der Waals surface area contributed by atoms with E-state index in [1.54, 1.807) is 0 Å². The molecule has 5 heteroatoms. The normalized spacial score (nSPS) is 22.7. The SMILES string of the molecule is CNc1nc2ccccc2nc1N[C@H]1CCCC[C@@H]1N. The molecule has 1 saturated carbocycles. The second-order valence-corrected chi connectivity index (χ2v) is 5.36. The Labute approximate surface area is 119 Å². The van der Waals surface area contributed by atoms with Crippen LogP contribution in [0.2, 0.25) is 0 Å². The van der Waals surface area contributed by atoms with E-state index in [1.165, 1.54) is 12.8 Å². The number of hydrogen-bond acceptors (Lipinski definition) is 5. The van der Waals surface area contributed by atoms with E-state index in [4.69, 9.17) is 5.73 Å². The number of nitrogens with zero attached hydrogens (tertiary/aromatic N) is 2. The summed E-state index contributed by atoms with van der Waals surface area (Å²) >= 11 is 0. The molecular weight excluding hydrogens is 250 g/mol. The lowest BCUT2D eigenvalue weighted by atomic mass is 9.91. The fraction of sp³-hybridized carbons (Fsp3) is 0.467. The Morgan fingerprint density at radius 2 is 1.70 bits per heavy atom. The summed E-state index contributed by atoms with van der Waals surface area (Å²) in [6, 6.07) is 8.38. The van der Waals surface area contributed by atoms with E-state index in [2.05, 4.69) is 20.6 Å². The predicted octanol–water partition coefficient (Wildman–Crippen LogP) is 2.35. The maximum absolute atomic E-state index is 6.20. The van der Waals surface area contributed by atoms with Gasteiger partial charge in [0.15, 0.2) is 11.6 Å². The first-order valence-corrected chi connectivity index (χ1v) is 7.24. The summed E-state index contributed by atoms with van der Waals surface area (Å²) in [5, 5.41) is 6.60. The fourth-order valence-corrected chi connectivity index (χ4v) is 2.79. The lowest BCUT2D eigenvalue weighted by Crippen LogP contribution is -2.42. The van der Waals surface area contributed by atoms with Crippen molar-refractivity contribution < 1.29 is 0 Å². The van der Waals surface area contributed by atoms with Gasteiger partial charge in [0, 0.05) is 19.1 Å². The highest BCUT2D eigenvalue weighted by molar-refractivity contribution is 5.80. The van der Waals surface area contributed by atoms with Crippen LogP contribution in [0.15, 0.2) is 24.3 Å². The Morgan fingerprint density at radius 1 is 1.05 bits per heavy atom. The fourth-order valence-electron chi connectivity index (χ4n) is 2.79. The van der Waals surface area contributed by atoms with Gasteiger partial charge in [0.1, 0.15) is 0 Å². The Balaban J connectivity index is 1.92. The number of aromatic nitrogens is 2. The molecule has 1 aromatic carbocycles. The first kappa shape index (κ1) is 13.1. The summed E-state index contributed by atoms with van der Waals surface area (Å²) in [7, 11) is 1.87. The quantitative estimate of drug-likeness (QED) is 0.799. The van der Waals surface area contributed by atoms with Crippen molar-refractivity contribution in [1.29, 1.82) is 0 Å². The molecule has 0 unspecified atom stereocenters. The predicted molar refractivity (Wildman–Crippen MR) is 82.9 cm³/mol. The van der Waals surface area contributed by atoms with Crippen LogP contribution in [-0.2, 0) is 0 Å². The average molecular weight is 271 g/mol. The first-order chi connectivity index (χ1) is 9.78. The number of nitrogens with one attached hydrogen (secondary N) is 2. The van der Waals surface area contributed by atoms with Crippen LogP contribution in [0, 0.1) is 0 Å². The molecule has 0 spiro atoms. The number of nitrogens with two attached hydrogens (primary N) is 1. The minimum atomic E-state index is 0.196. The average Bonchev–Trinajstić information content (AvgIpc) is 2.49. The van der Waals surface area contributed by atoms with Crippen molar-refractivity contribution in [3.8, 4) is 0 Å². The van der Waals surface area contributed by atoms with Crippen molar-refractivity contribution in [2.24, 2.45) is 5.73 Å². The molecule has 1 aromatic heterocycles. The third-order valence-corrected chi connectivity index (χ3v) is 3.95. The molecule has 0 radical (unpaired) electrons. The summed E-state index contributed by atoms with van der Waals surface area (Å²) in [5.41, 5.74) is 8.00. The van der Waals surface area contributed by atoms with Crippen LogP contribution in [0.3, 0.4) is 0 Å². The molecule has 5 nitrogen and oxygen atoms in total. The maximum atomic E-state index is 6.20. The topological polar surface area (TPSA) is 75.9 Å². The van der Waals surface area contributed by atoms with Gasteiger partial charge in [-0.1, -0.05) is 25.0 Å². The van der Waals surface area contributed by atoms with Crippen LogP contribution >= 0.6 is 0 Å². The Morgan fingerprint density at radius 3 is 2.35 bits per heavy atom. The summed E-state index contributed by atoms with van der Waals surface area (Å²) in [4.78, 5) is 9.29. The third kappa shape index (κ3) is 2.54. The molecule has 0 aliphatic heterocycles. The van der Waals surface area contributed by atoms with Crippen LogP contribution in [-0.4, -0.2) is 29.1 Å². The molecule has 4 N–H and O–H groups in total. The van der Waals surface area contributed by atoms with Gasteiger partial charge in [-0.3, -0.25) is 0 Å². The standard InChI is InChI=1S/C15H21N5/c1-17-14-15(18-11-7-3-2-6-10(11)16)20-13-9-5-4-8-12(13)19-14/h4-5,8-11H,2-3,6-7,16H2,1H3,(H,17,19)(H,18,20)/t10-,11-/m0/s1. The zero-order valence-corrected chi connectivity index (χ0v) is 11.8. The lowest BCUT2D eigenvalue weighted by molar-refractivity contribution is 0.403. The number of hydrogen-bond donors (Lipinski definition) is 3. The number of para-hydroxylation sites is 2. The molecule has 1 fully saturated rings. The van der Waals surface area contributed by atoms with Gasteiger partial charge in [-0.05, 0) is 25.0 Å². The van der Waals surface area contributed by atoms with Crippen LogP contribution in [0.25, 0.3) is 11.0 Å². The van der Waals surface area contributed by atoms with Gasteiger partial charge in [-0.25, -0.2) is 9.97 Å². The summed E-state index contributed by atoms with van der Waals surface area (Å²) in [6.45, 7) is 0. The van der Waals surface area contributed by atoms with E-state index in [0.29, 0.717) is 0 Å². The number of fused-ring (bicyclic) bond motifs is 1. The minimum Gasteiger partial charge on any atom is -0.370 e. The molecule has 1 heterocycles. The van der Waals surface area contributed by atoms with Gasteiger partial charge in [0.05, 0.1) is 11.0 Å². The molecule has 0 bridgehead atoms. The molecule has 3 rings (SSSR count). The third-order valence-electron chi connectivity index (χ3n) is 3.95. The van der Waals surface area contributed by atoms with Crippen molar-refractivity contribution in [1.82, 2.24) is 9.97 Å². The van der Waals surface area contributed by atoms with Gasteiger partial charge in [0.25, 0.3) is 0 Å². The number of anilines is 2. The van der Waals surface area contributed by atoms with Gasteiger partial charge in [-0.15, -0.1) is 0 Å². The van der Waals surface area contributed by atoms with E-state index < -0.39 is 0 Å². The highest BCUT2D eigenvalue weighted by Gasteiger charge is 2.23. The molecule has 2 atom stereocenters. The number of benzene rings is 1. The monoisotopic (exact) mass is 271 g/mol.